The van der Waals surface area contributed by atoms with E-state index in [9.17, 15) is 36.2 Å². The fraction of sp³-hybridized carbons (Fsp3) is 0.200. The Kier molecular flexibility index (Phi) is 14.1. The van der Waals surface area contributed by atoms with Crippen LogP contribution in [0.4, 0.5) is 11.4 Å². The van der Waals surface area contributed by atoms with Gasteiger partial charge < -0.3 is 31.2 Å². The fourth-order valence-corrected chi connectivity index (χ4v) is 8.13. The third-order valence-electron chi connectivity index (χ3n) is 9.12. The third kappa shape index (κ3) is 8.80. The Morgan fingerprint density at radius 1 is 0.571 bits per heavy atom. The molecule has 0 fully saturated rings. The molecule has 6 aromatic carbocycles. The molecule has 0 radical (unpaired) electrons. The summed E-state index contributed by atoms with van der Waals surface area (Å²) >= 11 is 0. The van der Waals surface area contributed by atoms with Crippen molar-refractivity contribution in [2.45, 2.75) is 50.3 Å². The summed E-state index contributed by atoms with van der Waals surface area (Å²) in [7, 11) is -9.82. The molecule has 0 bridgehead atoms. The Balaban J connectivity index is 0.00000348. The van der Waals surface area contributed by atoms with Crippen LogP contribution in [0, 0.1) is 13.8 Å². The van der Waals surface area contributed by atoms with Crippen LogP contribution in [0.1, 0.15) is 37.8 Å². The number of ether oxygens (including phenoxy) is 2. The van der Waals surface area contributed by atoms with Crippen LogP contribution in [0.3, 0.4) is 0 Å². The minimum Gasteiger partial charge on any atom is -0.872 e. The van der Waals surface area contributed by atoms with Gasteiger partial charge in [-0.25, -0.2) is 0 Å². The molecule has 16 heteroatoms. The van der Waals surface area contributed by atoms with E-state index in [0.29, 0.717) is 46.5 Å². The molecule has 0 aromatic heterocycles. The molecule has 0 unspecified atom stereocenters. The minimum absolute atomic E-state index is 0. The van der Waals surface area contributed by atoms with Crippen LogP contribution in [0.2, 0.25) is 0 Å². The van der Waals surface area contributed by atoms with E-state index in [0.717, 1.165) is 0 Å². The average Bonchev–Trinajstić information content (AvgIpc) is 3.09. The molecule has 0 amide bonds. The largest absolute Gasteiger partial charge is 1.00 e. The van der Waals surface area contributed by atoms with E-state index in [2.05, 4.69) is 0 Å². The topological polar surface area (TPSA) is 225 Å². The first-order valence-electron chi connectivity index (χ1n) is 17.0. The van der Waals surface area contributed by atoms with Gasteiger partial charge in [0.15, 0.2) is 0 Å². The summed E-state index contributed by atoms with van der Waals surface area (Å²) in [4.78, 5) is -1.20. The van der Waals surface area contributed by atoms with Crippen LogP contribution in [0.5, 0.6) is 23.0 Å². The molecular weight excluding hydrogens is 779 g/mol. The second kappa shape index (κ2) is 17.5. The van der Waals surface area contributed by atoms with Crippen molar-refractivity contribution in [3.05, 3.63) is 83.9 Å². The summed E-state index contributed by atoms with van der Waals surface area (Å²) in [6, 6.07) is 17.9. The molecule has 0 aliphatic carbocycles. The summed E-state index contributed by atoms with van der Waals surface area (Å²) < 4.78 is 84.0. The number of fused-ring (bicyclic) bond motifs is 2. The molecule has 0 spiro atoms. The van der Waals surface area contributed by atoms with Gasteiger partial charge in [-0.2, -0.15) is 16.8 Å². The predicted molar refractivity (Wildman–Crippen MR) is 206 cm³/mol. The van der Waals surface area contributed by atoms with Crippen molar-refractivity contribution in [1.29, 1.82) is 0 Å². The number of aryl methyl sites for hydroxylation is 2. The molecule has 0 saturated heterocycles. The number of nitrogens with two attached hydrogens (primary N) is 2. The van der Waals surface area contributed by atoms with Crippen molar-refractivity contribution >= 4 is 53.2 Å². The van der Waals surface area contributed by atoms with Gasteiger partial charge in [-0.1, -0.05) is 37.5 Å². The SMILES string of the molecule is CCCOc1cc(-c2cc(OCCC)c(-c3c(S(=O)(=O)O)cc4cc(N)ccc4c3[O-])cc2C)c(C)cc1-c1c(S(=O)(=O)O)cc2cc(N)ccc2c1[O-].[Na+].[Na+]. The summed E-state index contributed by atoms with van der Waals surface area (Å²) in [5, 5.41) is 28.9. The molecule has 0 aliphatic rings. The maximum absolute atomic E-state index is 14.0. The third-order valence-corrected chi connectivity index (χ3v) is 10.9. The van der Waals surface area contributed by atoms with E-state index in [4.69, 9.17) is 20.9 Å². The first-order chi connectivity index (χ1) is 25.4. The van der Waals surface area contributed by atoms with Crippen molar-refractivity contribution < 1.29 is 105 Å². The summed E-state index contributed by atoms with van der Waals surface area (Å²) in [5.74, 6) is -0.966. The Hall–Kier alpha value is -3.54. The van der Waals surface area contributed by atoms with Crippen molar-refractivity contribution in [1.82, 2.24) is 0 Å². The van der Waals surface area contributed by atoms with E-state index in [1.165, 1.54) is 48.5 Å². The fourth-order valence-electron chi connectivity index (χ4n) is 6.66. The number of hydrogen-bond donors (Lipinski definition) is 4. The van der Waals surface area contributed by atoms with Crippen molar-refractivity contribution in [3.8, 4) is 56.4 Å². The van der Waals surface area contributed by atoms with Crippen LogP contribution in [0.15, 0.2) is 82.6 Å². The summed E-state index contributed by atoms with van der Waals surface area (Å²) in [6.45, 7) is 7.67. The quantitative estimate of drug-likeness (QED) is 0.0817. The summed E-state index contributed by atoms with van der Waals surface area (Å²) in [6.07, 6.45) is 1.15. The molecule has 12 nitrogen and oxygen atoms in total. The van der Waals surface area contributed by atoms with Gasteiger partial charge in [0.05, 0.1) is 13.2 Å². The Morgan fingerprint density at radius 3 is 1.25 bits per heavy atom. The van der Waals surface area contributed by atoms with Crippen LogP contribution < -0.4 is 90.3 Å². The normalized spacial score (nSPS) is 11.6. The van der Waals surface area contributed by atoms with E-state index in [1.807, 2.05) is 13.8 Å². The number of hydrogen-bond acceptors (Lipinski definition) is 10. The maximum Gasteiger partial charge on any atom is 1.00 e. The van der Waals surface area contributed by atoms with Gasteiger partial charge in [-0.15, -0.1) is 0 Å². The molecule has 6 rings (SSSR count). The molecule has 6 N–H and O–H groups in total. The van der Waals surface area contributed by atoms with Gasteiger partial charge in [0.2, 0.25) is 0 Å². The van der Waals surface area contributed by atoms with E-state index < -0.39 is 41.5 Å². The zero-order valence-corrected chi connectivity index (χ0v) is 37.5. The molecule has 0 aliphatic heterocycles. The minimum atomic E-state index is -4.91. The van der Waals surface area contributed by atoms with E-state index in [-0.39, 0.29) is 128 Å². The van der Waals surface area contributed by atoms with Gasteiger partial charge in [0, 0.05) is 22.5 Å². The number of rotatable bonds is 11. The van der Waals surface area contributed by atoms with E-state index >= 15 is 0 Å². The zero-order valence-electron chi connectivity index (χ0n) is 31.9. The zero-order chi connectivity index (χ0) is 39.3. The average molecular weight is 817 g/mol. The smallest absolute Gasteiger partial charge is 0.872 e. The van der Waals surface area contributed by atoms with Gasteiger partial charge in [-0.05, 0) is 142 Å². The first-order valence-corrected chi connectivity index (χ1v) is 19.9. The van der Waals surface area contributed by atoms with Crippen LogP contribution >= 0.6 is 0 Å². The molecule has 0 atom stereocenters. The maximum atomic E-state index is 14.0. The van der Waals surface area contributed by atoms with Gasteiger partial charge in [-0.3, -0.25) is 9.11 Å². The molecule has 282 valence electrons. The molecule has 0 heterocycles. The number of benzene rings is 6. The van der Waals surface area contributed by atoms with Gasteiger partial charge in [0.25, 0.3) is 20.2 Å². The first kappa shape index (κ1) is 45.2. The van der Waals surface area contributed by atoms with Crippen molar-refractivity contribution in [2.75, 3.05) is 24.7 Å². The molecule has 56 heavy (non-hydrogen) atoms. The van der Waals surface area contributed by atoms with Crippen molar-refractivity contribution in [3.63, 3.8) is 0 Å². The van der Waals surface area contributed by atoms with Crippen molar-refractivity contribution in [2.24, 2.45) is 0 Å². The van der Waals surface area contributed by atoms with Crippen LogP contribution in [-0.2, 0) is 20.2 Å². The van der Waals surface area contributed by atoms with Crippen LogP contribution in [-0.4, -0.2) is 39.2 Å². The monoisotopic (exact) mass is 816 g/mol. The Bertz CT molecular complexity index is 2540. The molecule has 6 aromatic rings. The van der Waals surface area contributed by atoms with Gasteiger partial charge in [0.1, 0.15) is 21.3 Å². The Morgan fingerprint density at radius 2 is 0.929 bits per heavy atom. The van der Waals surface area contributed by atoms with E-state index in [1.54, 1.807) is 38.1 Å². The summed E-state index contributed by atoms with van der Waals surface area (Å²) in [5.41, 5.74) is 14.5. The Labute approximate surface area is 369 Å². The predicted octanol–water partition coefficient (Wildman–Crippen LogP) is 1.00. The van der Waals surface area contributed by atoms with Gasteiger partial charge >= 0.3 is 59.1 Å². The van der Waals surface area contributed by atoms with Crippen LogP contribution in [0.25, 0.3) is 54.9 Å². The number of anilines is 2. The second-order valence-electron chi connectivity index (χ2n) is 13.1. The standard InChI is InChI=1S/C40H40N2O10S2.2Na/c1-5-11-51-33-19-29(21(3)13-31(33)37-35(53(45,46)47)17-23-15-25(41)7-9-27(23)39(37)43)30-20-34(52-12-6-2)32(14-22(30)4)38-36(54(48,49)50)18-24-16-26(42)8-10-28(24)40(38)44;;/h7-10,13-20,43-44H,5-6,11-12,41-42H2,1-4H3,(H,45,46,47)(H,48,49,50);;/q;2*+1/p-2. The second-order valence-corrected chi connectivity index (χ2v) is 15.9. The molecular formula is C40H38N2Na2O10S2. The molecule has 0 saturated carbocycles. The number of nitrogen functional groups attached to an aromatic ring is 2.